The normalized spacial score (nSPS) is 13.4. The predicted octanol–water partition coefficient (Wildman–Crippen LogP) is 7.59. The molecule has 0 bridgehead atoms. The Labute approximate surface area is 198 Å². The van der Waals surface area contributed by atoms with Gasteiger partial charge in [-0.15, -0.1) is 0 Å². The molecule has 0 spiro atoms. The summed E-state index contributed by atoms with van der Waals surface area (Å²) in [6.07, 6.45) is 0. The Kier molecular flexibility index (Phi) is 7.85. The maximum Gasteiger partial charge on any atom is 0.119 e. The third-order valence-corrected chi connectivity index (χ3v) is 12.2. The van der Waals surface area contributed by atoms with E-state index in [0.717, 1.165) is 5.75 Å². The van der Waals surface area contributed by atoms with Crippen LogP contribution >= 0.6 is 15.8 Å². The monoisotopic (exact) mass is 464 g/mol. The van der Waals surface area contributed by atoms with Crippen LogP contribution in [0.25, 0.3) is 0 Å². The van der Waals surface area contributed by atoms with E-state index in [-0.39, 0.29) is 18.2 Å². The first-order chi connectivity index (χ1) is 15.0. The molecule has 0 amide bonds. The van der Waals surface area contributed by atoms with Crippen LogP contribution in [0.4, 0.5) is 0 Å². The molecule has 0 unspecified atom stereocenters. The Morgan fingerprint density at radius 1 is 0.688 bits per heavy atom. The molecule has 0 aliphatic heterocycles. The van der Waals surface area contributed by atoms with E-state index in [1.165, 1.54) is 21.5 Å². The van der Waals surface area contributed by atoms with Crippen molar-refractivity contribution < 1.29 is 4.74 Å². The molecule has 3 rings (SSSR count). The fourth-order valence-corrected chi connectivity index (χ4v) is 12.6. The molecule has 3 heteroatoms. The molecule has 0 fully saturated rings. The van der Waals surface area contributed by atoms with Gasteiger partial charge < -0.3 is 4.74 Å². The second kappa shape index (κ2) is 10.1. The summed E-state index contributed by atoms with van der Waals surface area (Å²) in [5.74, 6) is 0.936. The topological polar surface area (TPSA) is 9.23 Å². The van der Waals surface area contributed by atoms with Crippen molar-refractivity contribution in [3.8, 4) is 5.75 Å². The summed E-state index contributed by atoms with van der Waals surface area (Å²) < 4.78 is 5.72. The second-order valence-electron chi connectivity index (χ2n) is 10.3. The van der Waals surface area contributed by atoms with Crippen LogP contribution in [0, 0.1) is 0 Å². The molecule has 0 saturated heterocycles. The quantitative estimate of drug-likeness (QED) is 0.342. The molecule has 0 saturated carbocycles. The highest BCUT2D eigenvalue weighted by atomic mass is 31.1. The van der Waals surface area contributed by atoms with E-state index in [0.29, 0.717) is 5.66 Å². The van der Waals surface area contributed by atoms with E-state index < -0.39 is 7.92 Å². The first-order valence-corrected chi connectivity index (χ1v) is 14.2. The van der Waals surface area contributed by atoms with Crippen molar-refractivity contribution in [1.29, 1.82) is 0 Å². The molecule has 32 heavy (non-hydrogen) atoms. The number of ether oxygens (including phenoxy) is 1. The lowest BCUT2D eigenvalue weighted by Crippen LogP contribution is -2.30. The molecule has 3 aromatic rings. The van der Waals surface area contributed by atoms with Gasteiger partial charge in [-0.2, -0.15) is 0 Å². The van der Waals surface area contributed by atoms with Crippen LogP contribution in [-0.4, -0.2) is 17.4 Å². The van der Waals surface area contributed by atoms with E-state index in [4.69, 9.17) is 4.74 Å². The van der Waals surface area contributed by atoms with Crippen molar-refractivity contribution in [3.05, 3.63) is 84.4 Å². The third kappa shape index (κ3) is 5.62. The molecular weight excluding hydrogens is 426 g/mol. The van der Waals surface area contributed by atoms with Crippen LogP contribution in [0.2, 0.25) is 0 Å². The molecule has 1 atom stereocenters. The Morgan fingerprint density at radius 2 is 1.16 bits per heavy atom. The highest BCUT2D eigenvalue weighted by Gasteiger charge is 2.39. The first-order valence-electron chi connectivity index (χ1n) is 11.4. The number of benzene rings is 3. The van der Waals surface area contributed by atoms with Crippen LogP contribution in [0.3, 0.4) is 0 Å². The molecule has 0 aliphatic carbocycles. The minimum atomic E-state index is -0.687. The Balaban J connectivity index is 2.26. The van der Waals surface area contributed by atoms with E-state index in [2.05, 4.69) is 127 Å². The highest BCUT2D eigenvalue weighted by Crippen LogP contribution is 2.68. The standard InChI is InChI=1S/C29H38OP2/c1-22(32(28(2,3)4)29(5,6)7)26-20-19-23(30-8)21-27(26)31(24-15-11-9-12-16-24)25-17-13-10-14-18-25/h9-22H,1-8H3/t22-/m1/s1. The molecule has 0 aromatic heterocycles. The van der Waals surface area contributed by atoms with E-state index in [9.17, 15) is 0 Å². The zero-order chi connectivity index (χ0) is 23.5. The van der Waals surface area contributed by atoms with E-state index in [1.807, 2.05) is 0 Å². The minimum absolute atomic E-state index is 0.256. The largest absolute Gasteiger partial charge is 0.497 e. The molecular formula is C29H38OP2. The highest BCUT2D eigenvalue weighted by molar-refractivity contribution is 7.80. The summed E-state index contributed by atoms with van der Waals surface area (Å²) in [6, 6.07) is 28.8. The fraction of sp³-hybridized carbons (Fsp3) is 0.379. The summed E-state index contributed by atoms with van der Waals surface area (Å²) in [4.78, 5) is 0. The van der Waals surface area contributed by atoms with Gasteiger partial charge >= 0.3 is 0 Å². The van der Waals surface area contributed by atoms with Gasteiger partial charge in [-0.05, 0) is 51.8 Å². The summed E-state index contributed by atoms with van der Waals surface area (Å²) in [7, 11) is 0.780. The van der Waals surface area contributed by atoms with Gasteiger partial charge in [0.2, 0.25) is 0 Å². The van der Waals surface area contributed by atoms with Gasteiger partial charge in [0.25, 0.3) is 0 Å². The minimum Gasteiger partial charge on any atom is -0.497 e. The van der Waals surface area contributed by atoms with Crippen molar-refractivity contribution in [2.75, 3.05) is 7.11 Å². The van der Waals surface area contributed by atoms with Crippen LogP contribution in [0.5, 0.6) is 5.75 Å². The van der Waals surface area contributed by atoms with E-state index >= 15 is 0 Å². The molecule has 3 aromatic carbocycles. The van der Waals surface area contributed by atoms with E-state index in [1.54, 1.807) is 7.11 Å². The van der Waals surface area contributed by atoms with Gasteiger partial charge in [0, 0.05) is 5.66 Å². The third-order valence-electron chi connectivity index (χ3n) is 5.79. The van der Waals surface area contributed by atoms with Gasteiger partial charge in [-0.25, -0.2) is 0 Å². The molecule has 0 heterocycles. The number of hydrogen-bond acceptors (Lipinski definition) is 1. The van der Waals surface area contributed by atoms with Crippen molar-refractivity contribution in [2.45, 2.75) is 64.4 Å². The van der Waals surface area contributed by atoms with Crippen molar-refractivity contribution in [2.24, 2.45) is 0 Å². The molecule has 0 radical (unpaired) electrons. The van der Waals surface area contributed by atoms with Gasteiger partial charge in [-0.1, -0.05) is 123 Å². The van der Waals surface area contributed by atoms with Gasteiger partial charge in [-0.3, -0.25) is 0 Å². The maximum atomic E-state index is 5.72. The number of hydrogen-bond donors (Lipinski definition) is 0. The Hall–Kier alpha value is -1.68. The van der Waals surface area contributed by atoms with Crippen LogP contribution in [0.15, 0.2) is 78.9 Å². The molecule has 170 valence electrons. The Morgan fingerprint density at radius 3 is 1.56 bits per heavy atom. The molecule has 0 aliphatic rings. The smallest absolute Gasteiger partial charge is 0.119 e. The second-order valence-corrected chi connectivity index (χ2v) is 16.7. The average Bonchev–Trinajstić information content (AvgIpc) is 2.73. The van der Waals surface area contributed by atoms with Gasteiger partial charge in [0.05, 0.1) is 7.11 Å². The summed E-state index contributed by atoms with van der Waals surface area (Å²) in [5, 5.41) is 4.70. The lowest BCUT2D eigenvalue weighted by molar-refractivity contribution is 0.415. The number of rotatable bonds is 6. The zero-order valence-electron chi connectivity index (χ0n) is 20.9. The van der Waals surface area contributed by atoms with Crippen LogP contribution in [0.1, 0.15) is 59.7 Å². The Bertz CT molecular complexity index is 947. The first kappa shape index (κ1) is 25.0. The summed E-state index contributed by atoms with van der Waals surface area (Å²) in [5.41, 5.74) is 1.95. The van der Waals surface area contributed by atoms with Crippen molar-refractivity contribution in [3.63, 3.8) is 0 Å². The zero-order valence-corrected chi connectivity index (χ0v) is 22.7. The number of methoxy groups -OCH3 is 1. The lowest BCUT2D eigenvalue weighted by atomic mass is 10.1. The van der Waals surface area contributed by atoms with Gasteiger partial charge in [0.15, 0.2) is 0 Å². The van der Waals surface area contributed by atoms with Gasteiger partial charge in [0.1, 0.15) is 5.75 Å². The predicted molar refractivity (Wildman–Crippen MR) is 147 cm³/mol. The fourth-order valence-electron chi connectivity index (χ4n) is 5.09. The summed E-state index contributed by atoms with van der Waals surface area (Å²) >= 11 is 0. The lowest BCUT2D eigenvalue weighted by Gasteiger charge is -2.46. The van der Waals surface area contributed by atoms with Crippen LogP contribution in [-0.2, 0) is 0 Å². The van der Waals surface area contributed by atoms with Crippen LogP contribution < -0.4 is 20.7 Å². The molecule has 0 N–H and O–H groups in total. The average molecular weight is 465 g/mol. The van der Waals surface area contributed by atoms with Crippen molar-refractivity contribution in [1.82, 2.24) is 0 Å². The maximum absolute atomic E-state index is 5.72. The SMILES string of the molecule is COc1ccc([C@@H](C)P(C(C)(C)C)C(C)(C)C)c(P(c2ccccc2)c2ccccc2)c1. The summed E-state index contributed by atoms with van der Waals surface area (Å²) in [6.45, 7) is 17.0. The molecule has 1 nitrogen and oxygen atoms in total. The van der Waals surface area contributed by atoms with Crippen molar-refractivity contribution >= 4 is 31.8 Å².